The van der Waals surface area contributed by atoms with Crippen molar-refractivity contribution in [2.45, 2.75) is 25.2 Å². The molecule has 0 radical (unpaired) electrons. The van der Waals surface area contributed by atoms with Gasteiger partial charge in [-0.2, -0.15) is 0 Å². The van der Waals surface area contributed by atoms with Gasteiger partial charge in [-0.1, -0.05) is 18.8 Å². The van der Waals surface area contributed by atoms with Crippen molar-refractivity contribution in [1.82, 2.24) is 4.72 Å². The summed E-state index contributed by atoms with van der Waals surface area (Å²) in [5, 5.41) is 8.62. The maximum Gasteiger partial charge on any atom is 0.240 e. The lowest BCUT2D eigenvalue weighted by Crippen LogP contribution is -2.24. The van der Waals surface area contributed by atoms with Gasteiger partial charge in [0.15, 0.2) is 0 Å². The maximum atomic E-state index is 11.9. The van der Waals surface area contributed by atoms with Gasteiger partial charge in [-0.25, -0.2) is 13.1 Å². The number of nitrogens with one attached hydrogen (secondary N) is 1. The van der Waals surface area contributed by atoms with Crippen LogP contribution in [0.4, 0.5) is 0 Å². The standard InChI is InChI=1S/C13H17NO3S/c1-3-8-14-18(16,17)13-7-6-12(5-4-9-15)11(2)10-13/h6-7,10,14-15H,3,8-9H2,1-2H3. The molecule has 0 heterocycles. The Hall–Kier alpha value is -1.35. The Morgan fingerprint density at radius 2 is 2.11 bits per heavy atom. The Morgan fingerprint density at radius 1 is 1.39 bits per heavy atom. The van der Waals surface area contributed by atoms with Crippen LogP contribution in [0.25, 0.3) is 0 Å². The first-order valence-electron chi connectivity index (χ1n) is 5.71. The number of rotatable bonds is 4. The first-order chi connectivity index (χ1) is 8.51. The van der Waals surface area contributed by atoms with Crippen molar-refractivity contribution in [3.05, 3.63) is 29.3 Å². The third-order valence-corrected chi connectivity index (χ3v) is 3.81. The fourth-order valence-electron chi connectivity index (χ4n) is 1.40. The zero-order chi connectivity index (χ0) is 13.6. The van der Waals surface area contributed by atoms with E-state index in [1.54, 1.807) is 19.1 Å². The molecule has 0 fully saturated rings. The Labute approximate surface area is 108 Å². The van der Waals surface area contributed by atoms with Gasteiger partial charge in [0.25, 0.3) is 0 Å². The van der Waals surface area contributed by atoms with Gasteiger partial charge in [-0.05, 0) is 37.1 Å². The van der Waals surface area contributed by atoms with Crippen LogP contribution in [0, 0.1) is 18.8 Å². The van der Waals surface area contributed by atoms with Crippen LogP contribution in [-0.2, 0) is 10.0 Å². The van der Waals surface area contributed by atoms with Crippen molar-refractivity contribution < 1.29 is 13.5 Å². The third-order valence-electron chi connectivity index (χ3n) is 2.35. The van der Waals surface area contributed by atoms with E-state index in [1.807, 2.05) is 6.92 Å². The fourth-order valence-corrected chi connectivity index (χ4v) is 2.62. The van der Waals surface area contributed by atoms with Crippen molar-refractivity contribution >= 4 is 10.0 Å². The summed E-state index contributed by atoms with van der Waals surface area (Å²) in [6.07, 6.45) is 0.748. The second-order valence-corrected chi connectivity index (χ2v) is 5.60. The van der Waals surface area contributed by atoms with Gasteiger partial charge in [0.1, 0.15) is 6.61 Å². The first-order valence-corrected chi connectivity index (χ1v) is 7.19. The summed E-state index contributed by atoms with van der Waals surface area (Å²) in [5.74, 6) is 5.31. The molecule has 2 N–H and O–H groups in total. The largest absolute Gasteiger partial charge is 0.384 e. The van der Waals surface area contributed by atoms with E-state index < -0.39 is 10.0 Å². The van der Waals surface area contributed by atoms with E-state index >= 15 is 0 Å². The van der Waals surface area contributed by atoms with Gasteiger partial charge in [-0.3, -0.25) is 0 Å². The van der Waals surface area contributed by atoms with Gasteiger partial charge in [0.2, 0.25) is 10.0 Å². The predicted octanol–water partition coefficient (Wildman–Crippen LogP) is 1.03. The van der Waals surface area contributed by atoms with Crippen molar-refractivity contribution in [1.29, 1.82) is 0 Å². The van der Waals surface area contributed by atoms with Gasteiger partial charge in [-0.15, -0.1) is 0 Å². The second-order valence-electron chi connectivity index (χ2n) is 3.83. The molecule has 0 aromatic heterocycles. The summed E-state index contributed by atoms with van der Waals surface area (Å²) >= 11 is 0. The summed E-state index contributed by atoms with van der Waals surface area (Å²) < 4.78 is 26.3. The number of sulfonamides is 1. The number of hydrogen-bond donors (Lipinski definition) is 2. The molecule has 18 heavy (non-hydrogen) atoms. The van der Waals surface area contributed by atoms with Crippen LogP contribution in [-0.4, -0.2) is 26.7 Å². The molecule has 1 rings (SSSR count). The maximum absolute atomic E-state index is 11.9. The van der Waals surface area contributed by atoms with Crippen LogP contribution in [0.15, 0.2) is 23.1 Å². The van der Waals surface area contributed by atoms with E-state index in [2.05, 4.69) is 16.6 Å². The molecule has 0 aliphatic carbocycles. The van der Waals surface area contributed by atoms with Crippen molar-refractivity contribution in [3.8, 4) is 11.8 Å². The third kappa shape index (κ3) is 3.84. The molecular formula is C13H17NO3S. The minimum absolute atomic E-state index is 0.211. The highest BCUT2D eigenvalue weighted by Gasteiger charge is 2.13. The minimum Gasteiger partial charge on any atom is -0.384 e. The molecule has 5 heteroatoms. The summed E-state index contributed by atoms with van der Waals surface area (Å²) in [5.41, 5.74) is 1.49. The number of aliphatic hydroxyl groups is 1. The molecule has 0 amide bonds. The highest BCUT2D eigenvalue weighted by Crippen LogP contribution is 2.14. The number of aryl methyl sites for hydroxylation is 1. The molecule has 0 saturated heterocycles. The van der Waals surface area contributed by atoms with E-state index in [9.17, 15) is 8.42 Å². The lowest BCUT2D eigenvalue weighted by atomic mass is 10.1. The first kappa shape index (κ1) is 14.7. The SMILES string of the molecule is CCCNS(=O)(=O)c1ccc(C#CCO)c(C)c1. The van der Waals surface area contributed by atoms with Gasteiger partial charge >= 0.3 is 0 Å². The molecule has 1 aromatic carbocycles. The fraction of sp³-hybridized carbons (Fsp3) is 0.385. The lowest BCUT2D eigenvalue weighted by Gasteiger charge is -2.07. The monoisotopic (exact) mass is 267 g/mol. The van der Waals surface area contributed by atoms with Crippen LogP contribution < -0.4 is 4.72 Å². The molecule has 0 unspecified atom stereocenters. The van der Waals surface area contributed by atoms with Gasteiger partial charge < -0.3 is 5.11 Å². The Bertz CT molecular complexity index is 568. The molecule has 0 saturated carbocycles. The number of aliphatic hydroxyl groups excluding tert-OH is 1. The quantitative estimate of drug-likeness (QED) is 0.801. The average Bonchev–Trinajstić information content (AvgIpc) is 2.35. The lowest BCUT2D eigenvalue weighted by molar-refractivity contribution is 0.350. The zero-order valence-corrected chi connectivity index (χ0v) is 11.3. The predicted molar refractivity (Wildman–Crippen MR) is 70.6 cm³/mol. The number of hydrogen-bond acceptors (Lipinski definition) is 3. The molecule has 0 atom stereocenters. The van der Waals surface area contributed by atoms with Crippen molar-refractivity contribution in [2.75, 3.05) is 13.2 Å². The average molecular weight is 267 g/mol. The molecule has 4 nitrogen and oxygen atoms in total. The summed E-state index contributed by atoms with van der Waals surface area (Å²) in [7, 11) is -3.43. The Kier molecular flexibility index (Phi) is 5.35. The van der Waals surface area contributed by atoms with Crippen molar-refractivity contribution in [2.24, 2.45) is 0 Å². The molecule has 0 bridgehead atoms. The molecular weight excluding hydrogens is 250 g/mol. The summed E-state index contributed by atoms with van der Waals surface area (Å²) in [4.78, 5) is 0.239. The number of benzene rings is 1. The molecule has 0 aliphatic rings. The van der Waals surface area contributed by atoms with E-state index in [0.717, 1.165) is 17.5 Å². The zero-order valence-electron chi connectivity index (χ0n) is 10.5. The van der Waals surface area contributed by atoms with E-state index in [1.165, 1.54) is 6.07 Å². The molecule has 0 spiro atoms. The topological polar surface area (TPSA) is 66.4 Å². The van der Waals surface area contributed by atoms with Crippen LogP contribution in [0.5, 0.6) is 0 Å². The van der Waals surface area contributed by atoms with Crippen molar-refractivity contribution in [3.63, 3.8) is 0 Å². The minimum atomic E-state index is -3.43. The Balaban J connectivity index is 3.04. The smallest absolute Gasteiger partial charge is 0.240 e. The second kappa shape index (κ2) is 6.55. The van der Waals surface area contributed by atoms with E-state index in [4.69, 9.17) is 5.11 Å². The molecule has 1 aromatic rings. The normalized spacial score (nSPS) is 10.8. The molecule has 98 valence electrons. The highest BCUT2D eigenvalue weighted by atomic mass is 32.2. The van der Waals surface area contributed by atoms with E-state index in [0.29, 0.717) is 6.54 Å². The van der Waals surface area contributed by atoms with Crippen LogP contribution in [0.1, 0.15) is 24.5 Å². The Morgan fingerprint density at radius 3 is 2.67 bits per heavy atom. The van der Waals surface area contributed by atoms with Crippen LogP contribution >= 0.6 is 0 Å². The molecule has 0 aliphatic heterocycles. The summed E-state index contributed by atoms with van der Waals surface area (Å²) in [6.45, 7) is 3.91. The summed E-state index contributed by atoms with van der Waals surface area (Å²) in [6, 6.07) is 4.75. The van der Waals surface area contributed by atoms with Gasteiger partial charge in [0, 0.05) is 12.1 Å². The highest BCUT2D eigenvalue weighted by molar-refractivity contribution is 7.89. The van der Waals surface area contributed by atoms with E-state index in [-0.39, 0.29) is 11.5 Å². The van der Waals surface area contributed by atoms with Gasteiger partial charge in [0.05, 0.1) is 4.90 Å². The van der Waals surface area contributed by atoms with Crippen LogP contribution in [0.3, 0.4) is 0 Å². The van der Waals surface area contributed by atoms with Crippen LogP contribution in [0.2, 0.25) is 0 Å².